The predicted octanol–water partition coefficient (Wildman–Crippen LogP) is 2.08. The molecule has 4 nitrogen and oxygen atoms in total. The summed E-state index contributed by atoms with van der Waals surface area (Å²) in [4.78, 5) is 0. The van der Waals surface area contributed by atoms with Gasteiger partial charge in [-0.1, -0.05) is 0 Å². The van der Waals surface area contributed by atoms with Crippen LogP contribution < -0.4 is 0 Å². The van der Waals surface area contributed by atoms with E-state index in [0.29, 0.717) is 5.92 Å². The summed E-state index contributed by atoms with van der Waals surface area (Å²) in [7, 11) is 0. The molecular weight excluding hydrogens is 216 g/mol. The van der Waals surface area contributed by atoms with E-state index in [4.69, 9.17) is 4.42 Å². The minimum absolute atomic E-state index is 0.247. The fourth-order valence-corrected chi connectivity index (χ4v) is 2.51. The Kier molecular flexibility index (Phi) is 2.52. The summed E-state index contributed by atoms with van der Waals surface area (Å²) >= 11 is 0. The molecular formula is C13H16N2O2. The quantitative estimate of drug-likeness (QED) is 0.833. The highest BCUT2D eigenvalue weighted by molar-refractivity contribution is 5.64. The number of aryl methyl sites for hydroxylation is 1. The number of H-pyrrole nitrogens is 1. The van der Waals surface area contributed by atoms with Gasteiger partial charge in [-0.25, -0.2) is 0 Å². The smallest absolute Gasteiger partial charge is 0.108 e. The van der Waals surface area contributed by atoms with Crippen LogP contribution in [0.15, 0.2) is 16.7 Å². The third-order valence-electron chi connectivity index (χ3n) is 3.50. The standard InChI is InChI=1S/C13H16N2O2/c1-8-4-12(15-14-8)11-7-17-13-5-9(6-16)2-3-10(11)13/h4,7,9,16H,2-3,5-6H2,1H3,(H,14,15). The first-order valence-electron chi connectivity index (χ1n) is 6.00. The lowest BCUT2D eigenvalue weighted by molar-refractivity contribution is 0.205. The second kappa shape index (κ2) is 4.04. The van der Waals surface area contributed by atoms with Gasteiger partial charge in [0.2, 0.25) is 0 Å². The number of fused-ring (bicyclic) bond motifs is 1. The van der Waals surface area contributed by atoms with E-state index in [-0.39, 0.29) is 6.61 Å². The van der Waals surface area contributed by atoms with E-state index in [1.807, 2.05) is 13.0 Å². The largest absolute Gasteiger partial charge is 0.468 e. The minimum Gasteiger partial charge on any atom is -0.468 e. The van der Waals surface area contributed by atoms with Crippen molar-refractivity contribution in [3.8, 4) is 11.3 Å². The molecule has 2 heterocycles. The zero-order valence-electron chi connectivity index (χ0n) is 9.86. The van der Waals surface area contributed by atoms with Gasteiger partial charge in [0.25, 0.3) is 0 Å². The monoisotopic (exact) mass is 232 g/mol. The Morgan fingerprint density at radius 3 is 3.18 bits per heavy atom. The highest BCUT2D eigenvalue weighted by Gasteiger charge is 2.24. The van der Waals surface area contributed by atoms with Crippen LogP contribution in [-0.2, 0) is 12.8 Å². The number of aromatic amines is 1. The number of aromatic nitrogens is 2. The molecule has 0 amide bonds. The topological polar surface area (TPSA) is 62.1 Å². The normalized spacial score (nSPS) is 19.3. The summed E-state index contributed by atoms with van der Waals surface area (Å²) in [6.45, 7) is 2.24. The molecule has 0 saturated carbocycles. The Morgan fingerprint density at radius 2 is 2.47 bits per heavy atom. The molecule has 3 rings (SSSR count). The number of hydrogen-bond acceptors (Lipinski definition) is 3. The van der Waals surface area contributed by atoms with Crippen LogP contribution >= 0.6 is 0 Å². The van der Waals surface area contributed by atoms with E-state index < -0.39 is 0 Å². The summed E-state index contributed by atoms with van der Waals surface area (Å²) in [5, 5.41) is 16.4. The Hall–Kier alpha value is -1.55. The minimum atomic E-state index is 0.247. The van der Waals surface area contributed by atoms with Gasteiger partial charge < -0.3 is 9.52 Å². The van der Waals surface area contributed by atoms with Crippen molar-refractivity contribution in [2.75, 3.05) is 6.61 Å². The lowest BCUT2D eigenvalue weighted by atomic mass is 9.87. The molecule has 0 aliphatic heterocycles. The van der Waals surface area contributed by atoms with E-state index in [1.165, 1.54) is 5.56 Å². The molecule has 2 aromatic heterocycles. The highest BCUT2D eigenvalue weighted by atomic mass is 16.3. The van der Waals surface area contributed by atoms with E-state index in [1.54, 1.807) is 6.26 Å². The summed E-state index contributed by atoms with van der Waals surface area (Å²) in [5.41, 5.74) is 4.37. The van der Waals surface area contributed by atoms with Gasteiger partial charge in [0.15, 0.2) is 0 Å². The summed E-state index contributed by atoms with van der Waals surface area (Å²) in [6, 6.07) is 2.03. The van der Waals surface area contributed by atoms with Gasteiger partial charge in [-0.15, -0.1) is 0 Å². The first-order chi connectivity index (χ1) is 8.28. The van der Waals surface area contributed by atoms with Gasteiger partial charge >= 0.3 is 0 Å². The number of furan rings is 1. The first kappa shape index (κ1) is 10.6. The van der Waals surface area contributed by atoms with Crippen LogP contribution in [-0.4, -0.2) is 21.9 Å². The van der Waals surface area contributed by atoms with E-state index in [2.05, 4.69) is 10.2 Å². The third-order valence-corrected chi connectivity index (χ3v) is 3.50. The molecule has 1 aliphatic rings. The molecule has 2 aromatic rings. The number of nitrogens with one attached hydrogen (secondary N) is 1. The molecule has 90 valence electrons. The molecule has 0 saturated heterocycles. The van der Waals surface area contributed by atoms with Crippen molar-refractivity contribution in [3.05, 3.63) is 29.3 Å². The molecule has 1 aliphatic carbocycles. The number of nitrogens with zero attached hydrogens (tertiary/aromatic N) is 1. The van der Waals surface area contributed by atoms with Crippen molar-refractivity contribution in [2.45, 2.75) is 26.2 Å². The molecule has 2 N–H and O–H groups in total. The van der Waals surface area contributed by atoms with E-state index >= 15 is 0 Å². The maximum Gasteiger partial charge on any atom is 0.108 e. The van der Waals surface area contributed by atoms with Crippen LogP contribution in [0.4, 0.5) is 0 Å². The fraction of sp³-hybridized carbons (Fsp3) is 0.462. The lowest BCUT2D eigenvalue weighted by Crippen LogP contribution is -2.16. The molecule has 1 atom stereocenters. The van der Waals surface area contributed by atoms with E-state index in [0.717, 1.165) is 42.0 Å². The molecule has 1 unspecified atom stereocenters. The Labute approximate surface area is 99.7 Å². The van der Waals surface area contributed by atoms with Crippen LogP contribution in [0.1, 0.15) is 23.4 Å². The van der Waals surface area contributed by atoms with Gasteiger partial charge in [-0.05, 0) is 31.7 Å². The Morgan fingerprint density at radius 1 is 1.59 bits per heavy atom. The van der Waals surface area contributed by atoms with Crippen molar-refractivity contribution < 1.29 is 9.52 Å². The maximum absolute atomic E-state index is 9.18. The first-order valence-corrected chi connectivity index (χ1v) is 6.00. The molecule has 0 bridgehead atoms. The fourth-order valence-electron chi connectivity index (χ4n) is 2.51. The SMILES string of the molecule is Cc1cc(-c2coc3c2CCC(CO)C3)n[nH]1. The zero-order chi connectivity index (χ0) is 11.8. The molecule has 0 aromatic carbocycles. The third kappa shape index (κ3) is 1.78. The van der Waals surface area contributed by atoms with Crippen LogP contribution in [0.3, 0.4) is 0 Å². The highest BCUT2D eigenvalue weighted by Crippen LogP contribution is 2.34. The number of aliphatic hydroxyl groups excluding tert-OH is 1. The van der Waals surface area contributed by atoms with Crippen LogP contribution in [0, 0.1) is 12.8 Å². The van der Waals surface area contributed by atoms with Crippen molar-refractivity contribution >= 4 is 0 Å². The van der Waals surface area contributed by atoms with Crippen LogP contribution in [0.25, 0.3) is 11.3 Å². The van der Waals surface area contributed by atoms with Crippen molar-refractivity contribution in [2.24, 2.45) is 5.92 Å². The second-order valence-corrected chi connectivity index (χ2v) is 4.78. The van der Waals surface area contributed by atoms with E-state index in [9.17, 15) is 5.11 Å². The zero-order valence-corrected chi connectivity index (χ0v) is 9.86. The molecule has 0 fully saturated rings. The second-order valence-electron chi connectivity index (χ2n) is 4.78. The van der Waals surface area contributed by atoms with Gasteiger partial charge in [0, 0.05) is 29.8 Å². The summed E-state index contributed by atoms with van der Waals surface area (Å²) in [5.74, 6) is 1.37. The molecule has 4 heteroatoms. The number of hydrogen-bond donors (Lipinski definition) is 2. The maximum atomic E-state index is 9.18. The van der Waals surface area contributed by atoms with Gasteiger partial charge in [0.05, 0.1) is 5.69 Å². The molecule has 0 spiro atoms. The Balaban J connectivity index is 1.96. The van der Waals surface area contributed by atoms with Gasteiger partial charge in [0.1, 0.15) is 12.0 Å². The average molecular weight is 232 g/mol. The molecule has 0 radical (unpaired) electrons. The predicted molar refractivity (Wildman–Crippen MR) is 63.6 cm³/mol. The lowest BCUT2D eigenvalue weighted by Gasteiger charge is -2.19. The Bertz CT molecular complexity index is 527. The van der Waals surface area contributed by atoms with Gasteiger partial charge in [-0.3, -0.25) is 5.10 Å². The molecule has 17 heavy (non-hydrogen) atoms. The number of aliphatic hydroxyl groups is 1. The summed E-state index contributed by atoms with van der Waals surface area (Å²) < 4.78 is 5.62. The average Bonchev–Trinajstić information content (AvgIpc) is 2.93. The summed E-state index contributed by atoms with van der Waals surface area (Å²) in [6.07, 6.45) is 4.63. The van der Waals surface area contributed by atoms with Crippen molar-refractivity contribution in [1.29, 1.82) is 0 Å². The van der Waals surface area contributed by atoms with Crippen molar-refractivity contribution in [3.63, 3.8) is 0 Å². The van der Waals surface area contributed by atoms with Crippen LogP contribution in [0.2, 0.25) is 0 Å². The van der Waals surface area contributed by atoms with Gasteiger partial charge in [-0.2, -0.15) is 5.10 Å². The van der Waals surface area contributed by atoms with Crippen LogP contribution in [0.5, 0.6) is 0 Å². The van der Waals surface area contributed by atoms with Crippen molar-refractivity contribution in [1.82, 2.24) is 10.2 Å². The number of rotatable bonds is 2.